The van der Waals surface area contributed by atoms with Gasteiger partial charge in [0.15, 0.2) is 0 Å². The number of rotatable bonds is 4. The fourth-order valence-corrected chi connectivity index (χ4v) is 2.74. The lowest BCUT2D eigenvalue weighted by atomic mass is 10.1. The van der Waals surface area contributed by atoms with Crippen LogP contribution in [0.1, 0.15) is 12.0 Å². The fourth-order valence-electron chi connectivity index (χ4n) is 2.57. The average Bonchev–Trinajstić information content (AvgIpc) is 2.49. The Balaban J connectivity index is 1.86. The Kier molecular flexibility index (Phi) is 5.49. The number of urea groups is 1. The predicted molar refractivity (Wildman–Crippen MR) is 87.2 cm³/mol. The van der Waals surface area contributed by atoms with Crippen molar-refractivity contribution in [2.24, 2.45) is 5.73 Å². The molecule has 0 aliphatic carbocycles. The van der Waals surface area contributed by atoms with Gasteiger partial charge in [-0.15, -0.1) is 0 Å². The number of halogens is 1. The normalized spacial score (nSPS) is 14.8. The number of hydrogen-bond acceptors (Lipinski definition) is 3. The van der Waals surface area contributed by atoms with Crippen molar-refractivity contribution in [1.29, 1.82) is 0 Å². The molecule has 0 unspecified atom stereocenters. The minimum Gasteiger partial charge on any atom is -0.368 e. The van der Waals surface area contributed by atoms with Crippen molar-refractivity contribution in [3.8, 4) is 0 Å². The number of benzene rings is 1. The van der Waals surface area contributed by atoms with E-state index in [1.54, 1.807) is 0 Å². The third-order valence-corrected chi connectivity index (χ3v) is 4.02. The van der Waals surface area contributed by atoms with Crippen LogP contribution in [-0.2, 0) is 4.79 Å². The Labute approximate surface area is 135 Å². The zero-order chi connectivity index (χ0) is 16.1. The van der Waals surface area contributed by atoms with Gasteiger partial charge in [0.1, 0.15) is 0 Å². The SMILES string of the molecule is Cc1ccc(Cl)cc1N1CCN(C(=O)CCNC(N)=O)CC1. The molecule has 6 nitrogen and oxygen atoms in total. The molecule has 0 aromatic heterocycles. The van der Waals surface area contributed by atoms with Crippen molar-refractivity contribution in [2.45, 2.75) is 13.3 Å². The van der Waals surface area contributed by atoms with Crippen molar-refractivity contribution in [2.75, 3.05) is 37.6 Å². The van der Waals surface area contributed by atoms with E-state index < -0.39 is 6.03 Å². The average molecular weight is 325 g/mol. The second-order valence-electron chi connectivity index (χ2n) is 5.34. The van der Waals surface area contributed by atoms with Crippen molar-refractivity contribution >= 4 is 29.2 Å². The van der Waals surface area contributed by atoms with E-state index in [4.69, 9.17) is 17.3 Å². The number of aryl methyl sites for hydroxylation is 1. The number of hydrogen-bond donors (Lipinski definition) is 2. The summed E-state index contributed by atoms with van der Waals surface area (Å²) >= 11 is 6.06. The first-order valence-corrected chi connectivity index (χ1v) is 7.67. The van der Waals surface area contributed by atoms with Gasteiger partial charge >= 0.3 is 6.03 Å². The molecule has 120 valence electrons. The van der Waals surface area contributed by atoms with Crippen LogP contribution in [0.3, 0.4) is 0 Å². The highest BCUT2D eigenvalue weighted by Crippen LogP contribution is 2.25. The Hall–Kier alpha value is -1.95. The first kappa shape index (κ1) is 16.4. The van der Waals surface area contributed by atoms with E-state index in [2.05, 4.69) is 17.1 Å². The van der Waals surface area contributed by atoms with Crippen molar-refractivity contribution < 1.29 is 9.59 Å². The second-order valence-corrected chi connectivity index (χ2v) is 5.78. The summed E-state index contributed by atoms with van der Waals surface area (Å²) in [5, 5.41) is 3.15. The van der Waals surface area contributed by atoms with E-state index in [-0.39, 0.29) is 18.9 Å². The third kappa shape index (κ3) is 4.27. The summed E-state index contributed by atoms with van der Waals surface area (Å²) < 4.78 is 0. The predicted octanol–water partition coefficient (Wildman–Crippen LogP) is 1.36. The Morgan fingerprint density at radius 3 is 2.59 bits per heavy atom. The molecule has 7 heteroatoms. The van der Waals surface area contributed by atoms with Gasteiger partial charge in [-0.05, 0) is 24.6 Å². The maximum absolute atomic E-state index is 12.0. The van der Waals surface area contributed by atoms with Crippen molar-refractivity contribution in [1.82, 2.24) is 10.2 Å². The summed E-state index contributed by atoms with van der Waals surface area (Å²) in [6, 6.07) is 5.25. The zero-order valence-electron chi connectivity index (χ0n) is 12.6. The molecular weight excluding hydrogens is 304 g/mol. The molecule has 1 saturated heterocycles. The summed E-state index contributed by atoms with van der Waals surface area (Å²) in [6.45, 7) is 5.22. The molecule has 2 rings (SSSR count). The summed E-state index contributed by atoms with van der Waals surface area (Å²) in [6.07, 6.45) is 0.277. The number of nitrogens with one attached hydrogen (secondary N) is 1. The van der Waals surface area contributed by atoms with Crippen LogP contribution in [-0.4, -0.2) is 49.6 Å². The molecule has 1 heterocycles. The fraction of sp³-hybridized carbons (Fsp3) is 0.467. The topological polar surface area (TPSA) is 78.7 Å². The molecule has 22 heavy (non-hydrogen) atoms. The summed E-state index contributed by atoms with van der Waals surface area (Å²) in [7, 11) is 0. The van der Waals surface area contributed by atoms with Gasteiger partial charge in [0, 0.05) is 49.9 Å². The van der Waals surface area contributed by atoms with E-state index in [1.165, 1.54) is 5.56 Å². The maximum Gasteiger partial charge on any atom is 0.312 e. The van der Waals surface area contributed by atoms with Gasteiger partial charge in [-0.2, -0.15) is 0 Å². The highest BCUT2D eigenvalue weighted by atomic mass is 35.5. The van der Waals surface area contributed by atoms with Gasteiger partial charge in [0.2, 0.25) is 5.91 Å². The van der Waals surface area contributed by atoms with E-state index in [9.17, 15) is 9.59 Å². The van der Waals surface area contributed by atoms with Crippen LogP contribution < -0.4 is 16.0 Å². The van der Waals surface area contributed by atoms with E-state index in [0.29, 0.717) is 13.1 Å². The van der Waals surface area contributed by atoms with Crippen molar-refractivity contribution in [3.05, 3.63) is 28.8 Å². The lowest BCUT2D eigenvalue weighted by molar-refractivity contribution is -0.131. The molecule has 0 spiro atoms. The van der Waals surface area contributed by atoms with Gasteiger partial charge in [0.25, 0.3) is 0 Å². The van der Waals surface area contributed by atoms with Crippen LogP contribution in [0.4, 0.5) is 10.5 Å². The minimum atomic E-state index is -0.603. The Bertz CT molecular complexity index is 556. The smallest absolute Gasteiger partial charge is 0.312 e. The zero-order valence-corrected chi connectivity index (χ0v) is 13.4. The number of primary amides is 1. The molecule has 0 bridgehead atoms. The number of anilines is 1. The largest absolute Gasteiger partial charge is 0.368 e. The monoisotopic (exact) mass is 324 g/mol. The first-order chi connectivity index (χ1) is 10.5. The number of piperazine rings is 1. The number of amides is 3. The molecule has 1 aliphatic heterocycles. The van der Waals surface area contributed by atoms with Crippen LogP contribution in [0.5, 0.6) is 0 Å². The number of nitrogens with zero attached hydrogens (tertiary/aromatic N) is 2. The lowest BCUT2D eigenvalue weighted by Gasteiger charge is -2.37. The van der Waals surface area contributed by atoms with Gasteiger partial charge < -0.3 is 20.9 Å². The third-order valence-electron chi connectivity index (χ3n) is 3.78. The van der Waals surface area contributed by atoms with Gasteiger partial charge in [-0.1, -0.05) is 17.7 Å². The standard InChI is InChI=1S/C15H21ClN4O2/c1-11-2-3-12(16)10-13(11)19-6-8-20(9-7-19)14(21)4-5-18-15(17)22/h2-3,10H,4-9H2,1H3,(H3,17,18,22). The molecule has 0 radical (unpaired) electrons. The molecule has 0 saturated carbocycles. The minimum absolute atomic E-state index is 0.0382. The Morgan fingerprint density at radius 2 is 1.95 bits per heavy atom. The second kappa shape index (κ2) is 7.35. The van der Waals surface area contributed by atoms with E-state index >= 15 is 0 Å². The summed E-state index contributed by atoms with van der Waals surface area (Å²) in [5.74, 6) is 0.0382. The molecule has 1 fully saturated rings. The Morgan fingerprint density at radius 1 is 1.27 bits per heavy atom. The van der Waals surface area contributed by atoms with E-state index in [1.807, 2.05) is 23.1 Å². The van der Waals surface area contributed by atoms with Gasteiger partial charge in [-0.3, -0.25) is 4.79 Å². The molecule has 1 aliphatic rings. The van der Waals surface area contributed by atoms with Gasteiger partial charge in [0.05, 0.1) is 0 Å². The van der Waals surface area contributed by atoms with E-state index in [0.717, 1.165) is 23.8 Å². The molecule has 1 aromatic rings. The number of nitrogens with two attached hydrogens (primary N) is 1. The summed E-state index contributed by atoms with van der Waals surface area (Å²) in [4.78, 5) is 26.7. The molecule has 3 N–H and O–H groups in total. The van der Waals surface area contributed by atoms with Crippen LogP contribution in [0.2, 0.25) is 5.02 Å². The lowest BCUT2D eigenvalue weighted by Crippen LogP contribution is -2.49. The molecule has 0 atom stereocenters. The van der Waals surface area contributed by atoms with Crippen molar-refractivity contribution in [3.63, 3.8) is 0 Å². The molecular formula is C15H21ClN4O2. The molecule has 1 aromatic carbocycles. The maximum atomic E-state index is 12.0. The van der Waals surface area contributed by atoms with Gasteiger partial charge in [-0.25, -0.2) is 4.79 Å². The van der Waals surface area contributed by atoms with Crippen LogP contribution in [0.15, 0.2) is 18.2 Å². The number of carbonyl (C=O) groups excluding carboxylic acids is 2. The summed E-state index contributed by atoms with van der Waals surface area (Å²) in [5.41, 5.74) is 7.27. The molecule has 3 amide bonds. The highest BCUT2D eigenvalue weighted by Gasteiger charge is 2.21. The van der Waals surface area contributed by atoms with Crippen LogP contribution in [0.25, 0.3) is 0 Å². The number of carbonyl (C=O) groups is 2. The van der Waals surface area contributed by atoms with Crippen LogP contribution in [0, 0.1) is 6.92 Å². The quantitative estimate of drug-likeness (QED) is 0.877. The van der Waals surface area contributed by atoms with Crippen LogP contribution >= 0.6 is 11.6 Å². The highest BCUT2D eigenvalue weighted by molar-refractivity contribution is 6.30. The first-order valence-electron chi connectivity index (χ1n) is 7.29.